The van der Waals surface area contributed by atoms with Crippen LogP contribution in [0.4, 0.5) is 0 Å². The van der Waals surface area contributed by atoms with Gasteiger partial charge in [0.1, 0.15) is 31.0 Å². The minimum Gasteiger partial charge on any atom is -0.462 e. The maximum atomic E-state index is 12.7. The molecule has 10 heteroatoms. The number of rotatable bonds is 35. The largest absolute Gasteiger partial charge is 0.462 e. The fourth-order valence-electron chi connectivity index (χ4n) is 6.39. The van der Waals surface area contributed by atoms with Gasteiger partial charge in [0.05, 0.1) is 13.2 Å². The van der Waals surface area contributed by atoms with Crippen molar-refractivity contribution in [3.63, 3.8) is 0 Å². The van der Waals surface area contributed by atoms with Crippen molar-refractivity contribution in [2.45, 2.75) is 218 Å². The lowest BCUT2D eigenvalue weighted by Crippen LogP contribution is -2.59. The van der Waals surface area contributed by atoms with E-state index in [0.29, 0.717) is 6.42 Å². The van der Waals surface area contributed by atoms with Crippen molar-refractivity contribution in [1.29, 1.82) is 0 Å². The fraction of sp³-hybridized carbons (Fsp3) is 0.860. The number of aliphatic hydroxyl groups excluding tert-OH is 4. The molecule has 0 aromatic heterocycles. The molecular weight excluding hydrogens is 676 g/mol. The lowest BCUT2D eigenvalue weighted by molar-refractivity contribution is -0.305. The van der Waals surface area contributed by atoms with Crippen LogP contribution in [0.3, 0.4) is 0 Å². The van der Waals surface area contributed by atoms with E-state index >= 15 is 0 Å². The van der Waals surface area contributed by atoms with Crippen LogP contribution in [-0.4, -0.2) is 89.0 Å². The van der Waals surface area contributed by atoms with Crippen molar-refractivity contribution < 1.29 is 49.0 Å². The van der Waals surface area contributed by atoms with E-state index in [2.05, 4.69) is 38.2 Å². The molecule has 53 heavy (non-hydrogen) atoms. The number of unbranched alkanes of at least 4 members (excludes halogenated alkanes) is 20. The first kappa shape index (κ1) is 49.2. The van der Waals surface area contributed by atoms with Gasteiger partial charge >= 0.3 is 11.9 Å². The Morgan fingerprint density at radius 2 is 1.06 bits per heavy atom. The van der Waals surface area contributed by atoms with Gasteiger partial charge in [-0.15, -0.1) is 0 Å². The van der Waals surface area contributed by atoms with E-state index in [1.165, 1.54) is 89.9 Å². The van der Waals surface area contributed by atoms with E-state index < -0.39 is 49.4 Å². The number of hydrogen-bond acceptors (Lipinski definition) is 10. The number of allylic oxidation sites excluding steroid dienone is 4. The zero-order valence-electron chi connectivity index (χ0n) is 33.5. The van der Waals surface area contributed by atoms with Gasteiger partial charge in [0.2, 0.25) is 0 Å². The lowest BCUT2D eigenvalue weighted by Gasteiger charge is -2.39. The molecule has 0 amide bonds. The van der Waals surface area contributed by atoms with E-state index in [9.17, 15) is 30.0 Å². The van der Waals surface area contributed by atoms with Crippen molar-refractivity contribution in [1.82, 2.24) is 0 Å². The quantitative estimate of drug-likeness (QED) is 0.0281. The molecule has 0 aromatic rings. The first-order chi connectivity index (χ1) is 25.8. The molecule has 0 radical (unpaired) electrons. The van der Waals surface area contributed by atoms with Gasteiger partial charge in [-0.3, -0.25) is 9.59 Å². The molecule has 2 unspecified atom stereocenters. The average Bonchev–Trinajstić information content (AvgIpc) is 3.15. The number of esters is 2. The standard InChI is InChI=1S/C43H78O10/c1-3-5-7-9-11-13-14-15-16-17-18-19-20-21-22-24-25-27-29-31-38(45)50-34-36(35-51-43-42(49)41(48)40(47)37(33-44)53-43)52-39(46)32-30-28-26-23-12-10-8-6-4-2/h11,13,15-16,36-37,40-44,47-49H,3-10,12,14,17-35H2,1-2H3/b13-11+,16-15+/t36-,37-,40+,41?,42?,43-/m0/s1. The topological polar surface area (TPSA) is 152 Å². The summed E-state index contributed by atoms with van der Waals surface area (Å²) in [5.41, 5.74) is 0. The molecule has 6 atom stereocenters. The third kappa shape index (κ3) is 26.6. The highest BCUT2D eigenvalue weighted by atomic mass is 16.7. The summed E-state index contributed by atoms with van der Waals surface area (Å²) in [6.07, 6.45) is 29.1. The molecule has 10 nitrogen and oxygen atoms in total. The maximum absolute atomic E-state index is 12.7. The molecule has 0 aromatic carbocycles. The molecular formula is C43H78O10. The number of aliphatic hydroxyl groups is 4. The molecule has 1 saturated heterocycles. The van der Waals surface area contributed by atoms with Gasteiger partial charge in [0.15, 0.2) is 12.4 Å². The summed E-state index contributed by atoms with van der Waals surface area (Å²) in [4.78, 5) is 25.2. The van der Waals surface area contributed by atoms with Crippen molar-refractivity contribution in [3.05, 3.63) is 24.3 Å². The molecule has 1 fully saturated rings. The van der Waals surface area contributed by atoms with Gasteiger partial charge in [-0.1, -0.05) is 147 Å². The summed E-state index contributed by atoms with van der Waals surface area (Å²) < 4.78 is 22.1. The second kappa shape index (κ2) is 34.7. The van der Waals surface area contributed by atoms with E-state index in [4.69, 9.17) is 18.9 Å². The second-order valence-corrected chi connectivity index (χ2v) is 14.8. The summed E-state index contributed by atoms with van der Waals surface area (Å²) in [5, 5.41) is 39.9. The molecule has 4 N–H and O–H groups in total. The normalized spacial score (nSPS) is 21.1. The Morgan fingerprint density at radius 3 is 1.60 bits per heavy atom. The minimum absolute atomic E-state index is 0.217. The molecule has 0 saturated carbocycles. The van der Waals surface area contributed by atoms with Crippen LogP contribution < -0.4 is 0 Å². The number of ether oxygens (including phenoxy) is 4. The number of carbonyl (C=O) groups is 2. The predicted octanol–water partition coefficient (Wildman–Crippen LogP) is 8.55. The lowest BCUT2D eigenvalue weighted by atomic mass is 9.99. The summed E-state index contributed by atoms with van der Waals surface area (Å²) in [6, 6.07) is 0. The Morgan fingerprint density at radius 1 is 0.585 bits per heavy atom. The molecule has 1 rings (SSSR count). The smallest absolute Gasteiger partial charge is 0.306 e. The van der Waals surface area contributed by atoms with Crippen LogP contribution in [0.2, 0.25) is 0 Å². The van der Waals surface area contributed by atoms with E-state index in [1.807, 2.05) is 0 Å². The van der Waals surface area contributed by atoms with E-state index in [0.717, 1.165) is 57.8 Å². The zero-order chi connectivity index (χ0) is 38.8. The molecule has 1 heterocycles. The van der Waals surface area contributed by atoms with Crippen molar-refractivity contribution in [2.75, 3.05) is 19.8 Å². The number of hydrogen-bond donors (Lipinski definition) is 4. The van der Waals surface area contributed by atoms with E-state index in [-0.39, 0.29) is 32.0 Å². The van der Waals surface area contributed by atoms with Crippen molar-refractivity contribution in [3.8, 4) is 0 Å². The third-order valence-corrected chi connectivity index (χ3v) is 9.84. The van der Waals surface area contributed by atoms with Gasteiger partial charge < -0.3 is 39.4 Å². The Bertz CT molecular complexity index is 923. The van der Waals surface area contributed by atoms with Gasteiger partial charge in [-0.05, 0) is 44.9 Å². The fourth-order valence-corrected chi connectivity index (χ4v) is 6.39. The Balaban J connectivity index is 2.29. The Labute approximate surface area is 322 Å². The summed E-state index contributed by atoms with van der Waals surface area (Å²) in [5.74, 6) is -0.811. The minimum atomic E-state index is -1.59. The zero-order valence-corrected chi connectivity index (χ0v) is 33.5. The summed E-state index contributed by atoms with van der Waals surface area (Å²) in [7, 11) is 0. The van der Waals surface area contributed by atoms with Gasteiger partial charge in [-0.25, -0.2) is 0 Å². The van der Waals surface area contributed by atoms with Crippen molar-refractivity contribution in [2.24, 2.45) is 0 Å². The van der Waals surface area contributed by atoms with Crippen molar-refractivity contribution >= 4 is 11.9 Å². The number of carbonyl (C=O) groups excluding carboxylic acids is 2. The predicted molar refractivity (Wildman–Crippen MR) is 210 cm³/mol. The summed E-state index contributed by atoms with van der Waals surface area (Å²) >= 11 is 0. The first-order valence-electron chi connectivity index (χ1n) is 21.4. The van der Waals surface area contributed by atoms with Crippen LogP contribution in [0, 0.1) is 0 Å². The monoisotopic (exact) mass is 755 g/mol. The highest BCUT2D eigenvalue weighted by molar-refractivity contribution is 5.70. The maximum Gasteiger partial charge on any atom is 0.306 e. The van der Waals surface area contributed by atoms with Crippen LogP contribution in [0.5, 0.6) is 0 Å². The van der Waals surface area contributed by atoms with Gasteiger partial charge in [-0.2, -0.15) is 0 Å². The van der Waals surface area contributed by atoms with Crippen LogP contribution in [0.1, 0.15) is 181 Å². The van der Waals surface area contributed by atoms with E-state index in [1.54, 1.807) is 0 Å². The molecule has 0 bridgehead atoms. The Kier molecular flexibility index (Phi) is 32.2. The van der Waals surface area contributed by atoms with Crippen LogP contribution in [0.25, 0.3) is 0 Å². The van der Waals surface area contributed by atoms with Gasteiger partial charge in [0.25, 0.3) is 0 Å². The third-order valence-electron chi connectivity index (χ3n) is 9.84. The van der Waals surface area contributed by atoms with Gasteiger partial charge in [0, 0.05) is 12.8 Å². The summed E-state index contributed by atoms with van der Waals surface area (Å²) in [6.45, 7) is 3.37. The average molecular weight is 755 g/mol. The highest BCUT2D eigenvalue weighted by Crippen LogP contribution is 2.22. The molecule has 1 aliphatic rings. The second-order valence-electron chi connectivity index (χ2n) is 14.8. The van der Waals surface area contributed by atoms with Crippen LogP contribution in [-0.2, 0) is 28.5 Å². The SMILES string of the molecule is CCCCC/C=C/C/C=C/CCCCCCCCCCCC(=O)OC[C@@H](CO[C@H]1O[C@@H](CO)[C@@H](O)C(O)C1O)OC(=O)CCCCCCCCCCC. The highest BCUT2D eigenvalue weighted by Gasteiger charge is 2.44. The van der Waals surface area contributed by atoms with Crippen LogP contribution in [0.15, 0.2) is 24.3 Å². The van der Waals surface area contributed by atoms with Crippen LogP contribution >= 0.6 is 0 Å². The molecule has 0 spiro atoms. The molecule has 310 valence electrons. The molecule has 0 aliphatic carbocycles. The first-order valence-corrected chi connectivity index (χ1v) is 21.4. The molecule has 1 aliphatic heterocycles. The Hall–Kier alpha value is -1.82.